The molecule has 1 saturated carbocycles. The quantitative estimate of drug-likeness (QED) is 0.677. The molecule has 1 heterocycles. The number of anilines is 1. The fourth-order valence-corrected chi connectivity index (χ4v) is 2.62. The van der Waals surface area contributed by atoms with E-state index in [1.54, 1.807) is 6.92 Å². The van der Waals surface area contributed by atoms with Gasteiger partial charge in [-0.1, -0.05) is 6.42 Å². The summed E-state index contributed by atoms with van der Waals surface area (Å²) in [5.41, 5.74) is 2.20. The van der Waals surface area contributed by atoms with Gasteiger partial charge in [0.1, 0.15) is 0 Å². The molecule has 20 heavy (non-hydrogen) atoms. The number of rotatable bonds is 3. The standard InChI is InChI=1S/C13H20N4O3/c1-7-11(8(2)17-16-7)15-13(20)14-10-5-3-4-9(6-10)12(18)19/h9-10H,3-6H2,1-2H3,(H,16,17)(H,18,19)(H2,14,15,20). The number of aliphatic carboxylic acids is 1. The molecule has 110 valence electrons. The fourth-order valence-electron chi connectivity index (χ4n) is 2.62. The Labute approximate surface area is 117 Å². The molecule has 0 aromatic carbocycles. The third kappa shape index (κ3) is 3.28. The Hall–Kier alpha value is -2.05. The molecule has 0 saturated heterocycles. The van der Waals surface area contributed by atoms with E-state index in [0.717, 1.165) is 24.2 Å². The molecule has 0 radical (unpaired) electrons. The summed E-state index contributed by atoms with van der Waals surface area (Å²) in [5.74, 6) is -1.13. The van der Waals surface area contributed by atoms with E-state index < -0.39 is 5.97 Å². The Bertz CT molecular complexity index is 492. The van der Waals surface area contributed by atoms with Crippen molar-refractivity contribution in [2.24, 2.45) is 5.92 Å². The largest absolute Gasteiger partial charge is 0.481 e. The summed E-state index contributed by atoms with van der Waals surface area (Å²) < 4.78 is 0. The van der Waals surface area contributed by atoms with E-state index in [9.17, 15) is 9.59 Å². The molecule has 1 aliphatic carbocycles. The smallest absolute Gasteiger partial charge is 0.319 e. The van der Waals surface area contributed by atoms with E-state index in [0.29, 0.717) is 18.5 Å². The van der Waals surface area contributed by atoms with Gasteiger partial charge >= 0.3 is 12.0 Å². The number of carboxylic acid groups (broad SMARTS) is 1. The average Bonchev–Trinajstić information content (AvgIpc) is 2.71. The summed E-state index contributed by atoms with van der Waals surface area (Å²) in [6.45, 7) is 3.64. The second-order valence-electron chi connectivity index (χ2n) is 5.31. The number of hydrogen-bond acceptors (Lipinski definition) is 3. The van der Waals surface area contributed by atoms with Crippen molar-refractivity contribution < 1.29 is 14.7 Å². The normalized spacial score (nSPS) is 22.3. The molecule has 2 amide bonds. The SMILES string of the molecule is Cc1n[nH]c(C)c1NC(=O)NC1CCCC(C(=O)O)C1. The fraction of sp³-hybridized carbons (Fsp3) is 0.615. The number of carbonyl (C=O) groups is 2. The van der Waals surface area contributed by atoms with Gasteiger partial charge in [0.15, 0.2) is 0 Å². The molecule has 1 fully saturated rings. The van der Waals surface area contributed by atoms with Gasteiger partial charge in [0, 0.05) is 6.04 Å². The number of urea groups is 1. The highest BCUT2D eigenvalue weighted by Crippen LogP contribution is 2.24. The van der Waals surface area contributed by atoms with E-state index >= 15 is 0 Å². The summed E-state index contributed by atoms with van der Waals surface area (Å²) in [6, 6.07) is -0.397. The predicted molar refractivity (Wildman–Crippen MR) is 73.6 cm³/mol. The Morgan fingerprint density at radius 2 is 2.10 bits per heavy atom. The second-order valence-corrected chi connectivity index (χ2v) is 5.31. The van der Waals surface area contributed by atoms with Gasteiger partial charge in [0.05, 0.1) is 23.0 Å². The molecular formula is C13H20N4O3. The van der Waals surface area contributed by atoms with E-state index in [-0.39, 0.29) is 18.0 Å². The molecule has 4 N–H and O–H groups in total. The van der Waals surface area contributed by atoms with Crippen molar-refractivity contribution in [2.75, 3.05) is 5.32 Å². The van der Waals surface area contributed by atoms with Gasteiger partial charge in [-0.15, -0.1) is 0 Å². The lowest BCUT2D eigenvalue weighted by atomic mass is 9.86. The molecule has 2 rings (SSSR count). The van der Waals surface area contributed by atoms with Crippen LogP contribution in [0.25, 0.3) is 0 Å². The van der Waals surface area contributed by atoms with Crippen LogP contribution >= 0.6 is 0 Å². The summed E-state index contributed by atoms with van der Waals surface area (Å²) >= 11 is 0. The van der Waals surface area contributed by atoms with Crippen LogP contribution in [0.1, 0.15) is 37.1 Å². The Balaban J connectivity index is 1.90. The minimum Gasteiger partial charge on any atom is -0.481 e. The van der Waals surface area contributed by atoms with Gasteiger partial charge in [-0.2, -0.15) is 5.10 Å². The van der Waals surface area contributed by atoms with Crippen LogP contribution in [0, 0.1) is 19.8 Å². The molecule has 1 aliphatic rings. The number of carboxylic acids is 1. The monoisotopic (exact) mass is 280 g/mol. The van der Waals surface area contributed by atoms with Crippen molar-refractivity contribution in [1.29, 1.82) is 0 Å². The van der Waals surface area contributed by atoms with E-state index in [1.807, 2.05) is 6.92 Å². The highest BCUT2D eigenvalue weighted by molar-refractivity contribution is 5.90. The minimum absolute atomic E-state index is 0.0858. The van der Waals surface area contributed by atoms with Gasteiger partial charge in [-0.25, -0.2) is 4.79 Å². The van der Waals surface area contributed by atoms with Crippen LogP contribution < -0.4 is 10.6 Å². The van der Waals surface area contributed by atoms with Crippen molar-refractivity contribution in [3.63, 3.8) is 0 Å². The lowest BCUT2D eigenvalue weighted by molar-refractivity contribution is -0.143. The lowest BCUT2D eigenvalue weighted by Gasteiger charge is -2.27. The summed E-state index contributed by atoms with van der Waals surface area (Å²) in [7, 11) is 0. The molecule has 7 heteroatoms. The zero-order valence-electron chi connectivity index (χ0n) is 11.7. The maximum Gasteiger partial charge on any atom is 0.319 e. The number of aromatic amines is 1. The van der Waals surface area contributed by atoms with E-state index in [1.165, 1.54) is 0 Å². The third-order valence-corrected chi connectivity index (χ3v) is 3.73. The predicted octanol–water partition coefficient (Wildman–Crippen LogP) is 1.79. The summed E-state index contributed by atoms with van der Waals surface area (Å²) in [5, 5.41) is 21.4. The number of nitrogens with zero attached hydrogens (tertiary/aromatic N) is 1. The van der Waals surface area contributed by atoms with Crippen LogP contribution in [0.4, 0.5) is 10.5 Å². The van der Waals surface area contributed by atoms with Crippen molar-refractivity contribution in [1.82, 2.24) is 15.5 Å². The molecule has 1 aromatic heterocycles. The Kier molecular flexibility index (Phi) is 4.26. The number of hydrogen-bond donors (Lipinski definition) is 4. The molecular weight excluding hydrogens is 260 g/mol. The van der Waals surface area contributed by atoms with Crippen molar-refractivity contribution in [3.05, 3.63) is 11.4 Å². The zero-order chi connectivity index (χ0) is 14.7. The maximum absolute atomic E-state index is 11.9. The van der Waals surface area contributed by atoms with Crippen LogP contribution in [-0.4, -0.2) is 33.3 Å². The van der Waals surface area contributed by atoms with Gasteiger partial charge in [-0.05, 0) is 33.1 Å². The minimum atomic E-state index is -0.779. The van der Waals surface area contributed by atoms with Crippen LogP contribution in [-0.2, 0) is 4.79 Å². The number of H-pyrrole nitrogens is 1. The van der Waals surface area contributed by atoms with Gasteiger partial charge < -0.3 is 15.7 Å². The Morgan fingerprint density at radius 3 is 2.70 bits per heavy atom. The van der Waals surface area contributed by atoms with Gasteiger partial charge in [0.2, 0.25) is 0 Å². The highest BCUT2D eigenvalue weighted by Gasteiger charge is 2.28. The topological polar surface area (TPSA) is 107 Å². The van der Waals surface area contributed by atoms with Crippen LogP contribution in [0.5, 0.6) is 0 Å². The lowest BCUT2D eigenvalue weighted by Crippen LogP contribution is -2.42. The summed E-state index contributed by atoms with van der Waals surface area (Å²) in [6.07, 6.45) is 2.83. The van der Waals surface area contributed by atoms with Crippen molar-refractivity contribution in [3.8, 4) is 0 Å². The number of aryl methyl sites for hydroxylation is 2. The molecule has 0 spiro atoms. The average molecular weight is 280 g/mol. The zero-order valence-corrected chi connectivity index (χ0v) is 11.7. The Morgan fingerprint density at radius 1 is 1.35 bits per heavy atom. The maximum atomic E-state index is 11.9. The van der Waals surface area contributed by atoms with Gasteiger partial charge in [0.25, 0.3) is 0 Å². The highest BCUT2D eigenvalue weighted by atomic mass is 16.4. The third-order valence-electron chi connectivity index (χ3n) is 3.73. The first kappa shape index (κ1) is 14.4. The number of carbonyl (C=O) groups excluding carboxylic acids is 1. The van der Waals surface area contributed by atoms with Crippen LogP contribution in [0.15, 0.2) is 0 Å². The van der Waals surface area contributed by atoms with E-state index in [2.05, 4.69) is 20.8 Å². The van der Waals surface area contributed by atoms with Crippen LogP contribution in [0.3, 0.4) is 0 Å². The number of nitrogens with one attached hydrogen (secondary N) is 3. The first-order valence-electron chi connectivity index (χ1n) is 6.79. The number of aromatic nitrogens is 2. The van der Waals surface area contributed by atoms with Crippen LogP contribution in [0.2, 0.25) is 0 Å². The molecule has 1 aromatic rings. The first-order valence-corrected chi connectivity index (χ1v) is 6.79. The molecule has 7 nitrogen and oxygen atoms in total. The van der Waals surface area contributed by atoms with Crippen molar-refractivity contribution in [2.45, 2.75) is 45.6 Å². The molecule has 0 aliphatic heterocycles. The number of amides is 2. The molecule has 2 atom stereocenters. The van der Waals surface area contributed by atoms with Gasteiger partial charge in [-0.3, -0.25) is 9.89 Å². The summed E-state index contributed by atoms with van der Waals surface area (Å²) in [4.78, 5) is 22.9. The molecule has 2 unspecified atom stereocenters. The van der Waals surface area contributed by atoms with Crippen molar-refractivity contribution >= 4 is 17.7 Å². The van der Waals surface area contributed by atoms with E-state index in [4.69, 9.17) is 5.11 Å². The second kappa shape index (κ2) is 5.94. The first-order chi connectivity index (χ1) is 9.47. The molecule has 0 bridgehead atoms.